The van der Waals surface area contributed by atoms with Gasteiger partial charge >= 0.3 is 5.97 Å². The Morgan fingerprint density at radius 3 is 2.78 bits per heavy atom. The van der Waals surface area contributed by atoms with Crippen LogP contribution in [0.25, 0.3) is 0 Å². The number of nitrogens with two attached hydrogens (primary N) is 1. The Balaban J connectivity index is 2.00. The molecule has 0 amide bonds. The molecule has 1 heterocycles. The van der Waals surface area contributed by atoms with E-state index in [9.17, 15) is 10.1 Å². The lowest BCUT2D eigenvalue weighted by Gasteiger charge is -2.28. The van der Waals surface area contributed by atoms with Gasteiger partial charge in [-0.15, -0.1) is 0 Å². The largest absolute Gasteiger partial charge is 0.463 e. The zero-order chi connectivity index (χ0) is 19.4. The molecule has 0 saturated heterocycles. The molecule has 1 aliphatic heterocycles. The van der Waals surface area contributed by atoms with Crippen LogP contribution in [0.15, 0.2) is 47.1 Å². The predicted octanol–water partition coefficient (Wildman–Crippen LogP) is 3.26. The minimum atomic E-state index is -0.636. The summed E-state index contributed by atoms with van der Waals surface area (Å²) in [6.45, 7) is 4.77. The van der Waals surface area contributed by atoms with Crippen LogP contribution in [0.2, 0.25) is 0 Å². The van der Waals surface area contributed by atoms with Crippen molar-refractivity contribution >= 4 is 5.97 Å². The number of hydrogen-bond acceptors (Lipinski definition) is 6. The van der Waals surface area contributed by atoms with Crippen molar-refractivity contribution in [3.63, 3.8) is 0 Å². The number of carbonyl (C=O) groups excluding carboxylic acids is 1. The van der Waals surface area contributed by atoms with Crippen LogP contribution in [-0.4, -0.2) is 19.2 Å². The van der Waals surface area contributed by atoms with Crippen LogP contribution < -0.4 is 5.73 Å². The number of rotatable bonds is 7. The first-order valence-corrected chi connectivity index (χ1v) is 9.17. The average molecular weight is 368 g/mol. The van der Waals surface area contributed by atoms with Crippen LogP contribution >= 0.6 is 0 Å². The number of allylic oxidation sites excluding steroid dienone is 2. The Kier molecular flexibility index (Phi) is 5.82. The van der Waals surface area contributed by atoms with Gasteiger partial charge in [-0.3, -0.25) is 0 Å². The molecule has 0 radical (unpaired) electrons. The van der Waals surface area contributed by atoms with E-state index in [2.05, 4.69) is 6.07 Å². The second-order valence-electron chi connectivity index (χ2n) is 6.77. The number of nitrogens with zero attached hydrogens (tertiary/aromatic N) is 1. The second-order valence-corrected chi connectivity index (χ2v) is 6.77. The van der Waals surface area contributed by atoms with E-state index in [1.54, 1.807) is 13.8 Å². The summed E-state index contributed by atoms with van der Waals surface area (Å²) in [5, 5.41) is 9.68. The maximum atomic E-state index is 12.6. The summed E-state index contributed by atoms with van der Waals surface area (Å²) < 4.78 is 16.5. The summed E-state index contributed by atoms with van der Waals surface area (Å²) in [6, 6.07) is 9.73. The van der Waals surface area contributed by atoms with Crippen molar-refractivity contribution in [1.82, 2.24) is 0 Å². The topological polar surface area (TPSA) is 94.6 Å². The Morgan fingerprint density at radius 1 is 1.37 bits per heavy atom. The van der Waals surface area contributed by atoms with E-state index in [-0.39, 0.29) is 18.1 Å². The van der Waals surface area contributed by atoms with Crippen LogP contribution in [0.4, 0.5) is 0 Å². The zero-order valence-corrected chi connectivity index (χ0v) is 15.7. The van der Waals surface area contributed by atoms with Crippen molar-refractivity contribution in [2.45, 2.75) is 39.2 Å². The van der Waals surface area contributed by atoms with Crippen LogP contribution in [-0.2, 0) is 25.6 Å². The monoisotopic (exact) mass is 368 g/mol. The minimum Gasteiger partial charge on any atom is -0.463 e. The molecule has 2 N–H and O–H groups in total. The molecule has 0 spiro atoms. The van der Waals surface area contributed by atoms with Crippen LogP contribution in [0.3, 0.4) is 0 Å². The van der Waals surface area contributed by atoms with E-state index in [0.29, 0.717) is 23.9 Å². The second kappa shape index (κ2) is 8.28. The fourth-order valence-electron chi connectivity index (χ4n) is 3.23. The summed E-state index contributed by atoms with van der Waals surface area (Å²) in [5.74, 6) is -0.120. The highest BCUT2D eigenvalue weighted by Gasteiger charge is 2.37. The van der Waals surface area contributed by atoms with E-state index in [1.165, 1.54) is 12.8 Å². The van der Waals surface area contributed by atoms with E-state index < -0.39 is 11.9 Å². The molecule has 0 aromatic heterocycles. The fraction of sp³-hybridized carbons (Fsp3) is 0.429. The Labute approximate surface area is 159 Å². The molecule has 1 fully saturated rings. The van der Waals surface area contributed by atoms with Gasteiger partial charge in [0.25, 0.3) is 0 Å². The quantitative estimate of drug-likeness (QED) is 0.742. The van der Waals surface area contributed by atoms with Gasteiger partial charge in [0.2, 0.25) is 5.88 Å². The Morgan fingerprint density at radius 2 is 2.11 bits per heavy atom. The van der Waals surface area contributed by atoms with Gasteiger partial charge in [0.15, 0.2) is 0 Å². The molecule has 142 valence electrons. The van der Waals surface area contributed by atoms with Crippen molar-refractivity contribution in [3.8, 4) is 6.07 Å². The van der Waals surface area contributed by atoms with Crippen LogP contribution in [0.5, 0.6) is 0 Å². The maximum Gasteiger partial charge on any atom is 0.338 e. The molecule has 27 heavy (non-hydrogen) atoms. The van der Waals surface area contributed by atoms with Crippen LogP contribution in [0.1, 0.15) is 43.7 Å². The van der Waals surface area contributed by atoms with Gasteiger partial charge in [0.05, 0.1) is 24.7 Å². The zero-order valence-electron chi connectivity index (χ0n) is 15.7. The molecular formula is C21H24N2O4. The molecule has 2 aliphatic rings. The normalized spacial score (nSPS) is 19.5. The van der Waals surface area contributed by atoms with Gasteiger partial charge in [-0.05, 0) is 43.7 Å². The van der Waals surface area contributed by atoms with Crippen molar-refractivity contribution in [2.75, 3.05) is 13.2 Å². The van der Waals surface area contributed by atoms with Crippen molar-refractivity contribution in [3.05, 3.63) is 58.2 Å². The third-order valence-corrected chi connectivity index (χ3v) is 4.78. The summed E-state index contributed by atoms with van der Waals surface area (Å²) in [5.41, 5.74) is 8.19. The number of carbonyl (C=O) groups is 1. The number of esters is 1. The lowest BCUT2D eigenvalue weighted by molar-refractivity contribution is -0.139. The smallest absolute Gasteiger partial charge is 0.338 e. The molecule has 1 saturated carbocycles. The van der Waals surface area contributed by atoms with Gasteiger partial charge in [0.1, 0.15) is 17.4 Å². The third kappa shape index (κ3) is 4.15. The average Bonchev–Trinajstić information content (AvgIpc) is 3.46. The fourth-order valence-corrected chi connectivity index (χ4v) is 3.23. The van der Waals surface area contributed by atoms with Crippen molar-refractivity contribution < 1.29 is 19.0 Å². The molecule has 6 heteroatoms. The maximum absolute atomic E-state index is 12.6. The SMILES string of the molecule is CCOC(=O)C1=C(C)OC(N)=C(C#N)C1c1ccccc1COCC1CC1. The Hall–Kier alpha value is -2.78. The van der Waals surface area contributed by atoms with Crippen molar-refractivity contribution in [1.29, 1.82) is 5.26 Å². The molecule has 1 atom stereocenters. The number of hydrogen-bond donors (Lipinski definition) is 1. The molecule has 1 aromatic carbocycles. The number of nitriles is 1. The molecule has 1 aromatic rings. The van der Waals surface area contributed by atoms with Gasteiger partial charge in [-0.2, -0.15) is 5.26 Å². The molecule has 0 bridgehead atoms. The summed E-state index contributed by atoms with van der Waals surface area (Å²) in [6.07, 6.45) is 2.43. The van der Waals surface area contributed by atoms with E-state index >= 15 is 0 Å². The number of ether oxygens (including phenoxy) is 3. The third-order valence-electron chi connectivity index (χ3n) is 4.78. The first-order chi connectivity index (χ1) is 13.1. The summed E-state index contributed by atoms with van der Waals surface area (Å²) in [4.78, 5) is 12.6. The molecule has 6 nitrogen and oxygen atoms in total. The van der Waals surface area contributed by atoms with Gasteiger partial charge in [-0.25, -0.2) is 4.79 Å². The number of benzene rings is 1. The molecule has 1 unspecified atom stereocenters. The standard InChI is InChI=1S/C21H24N2O4/c1-3-26-21(24)18-13(2)27-20(23)17(10-22)19(18)16-7-5-4-6-15(16)12-25-11-14-8-9-14/h4-7,14,19H,3,8-9,11-12,23H2,1-2H3. The molecular weight excluding hydrogens is 344 g/mol. The minimum absolute atomic E-state index is 0.0155. The summed E-state index contributed by atoms with van der Waals surface area (Å²) in [7, 11) is 0. The first-order valence-electron chi connectivity index (χ1n) is 9.17. The van der Waals surface area contributed by atoms with E-state index in [4.69, 9.17) is 19.9 Å². The van der Waals surface area contributed by atoms with Crippen molar-refractivity contribution in [2.24, 2.45) is 11.7 Å². The van der Waals surface area contributed by atoms with E-state index in [1.807, 2.05) is 24.3 Å². The highest BCUT2D eigenvalue weighted by molar-refractivity contribution is 5.92. The van der Waals surface area contributed by atoms with E-state index in [0.717, 1.165) is 17.7 Å². The van der Waals surface area contributed by atoms with Gasteiger partial charge < -0.3 is 19.9 Å². The highest BCUT2D eigenvalue weighted by Crippen LogP contribution is 2.41. The first kappa shape index (κ1) is 19.0. The van der Waals surface area contributed by atoms with Gasteiger partial charge in [0, 0.05) is 6.61 Å². The Bertz CT molecular complexity index is 831. The van der Waals surface area contributed by atoms with Gasteiger partial charge in [-0.1, -0.05) is 24.3 Å². The lowest BCUT2D eigenvalue weighted by atomic mass is 9.81. The van der Waals surface area contributed by atoms with Crippen LogP contribution in [0, 0.1) is 17.2 Å². The predicted molar refractivity (Wildman–Crippen MR) is 98.8 cm³/mol. The molecule has 1 aliphatic carbocycles. The lowest BCUT2D eigenvalue weighted by Crippen LogP contribution is -2.26. The summed E-state index contributed by atoms with van der Waals surface area (Å²) >= 11 is 0. The highest BCUT2D eigenvalue weighted by atomic mass is 16.5. The molecule has 3 rings (SSSR count).